The Morgan fingerprint density at radius 3 is 2.05 bits per heavy atom. The van der Waals surface area contributed by atoms with Crippen molar-refractivity contribution in [2.24, 2.45) is 17.3 Å². The second-order valence-corrected chi connectivity index (χ2v) is 7.68. The summed E-state index contributed by atoms with van der Waals surface area (Å²) in [6, 6.07) is 0. The van der Waals surface area contributed by atoms with Crippen molar-refractivity contribution in [2.75, 3.05) is 0 Å². The lowest BCUT2D eigenvalue weighted by atomic mass is 10.0. The maximum atomic E-state index is 2.58. The van der Waals surface area contributed by atoms with E-state index in [1.807, 2.05) is 0 Å². The molecule has 0 bridgehead atoms. The first kappa shape index (κ1) is 15.6. The van der Waals surface area contributed by atoms with Crippen LogP contribution in [0.1, 0.15) is 73.1 Å². The van der Waals surface area contributed by atoms with Crippen LogP contribution in [0.4, 0.5) is 0 Å². The Morgan fingerprint density at radius 2 is 1.40 bits per heavy atom. The number of hydrogen-bond acceptors (Lipinski definition) is 0. The third-order valence-corrected chi connectivity index (χ3v) is 5.52. The van der Waals surface area contributed by atoms with Crippen molar-refractivity contribution in [1.29, 1.82) is 0 Å². The normalized spacial score (nSPS) is 39.1. The molecule has 2 aliphatic rings. The van der Waals surface area contributed by atoms with Crippen molar-refractivity contribution in [1.82, 2.24) is 0 Å². The molecule has 0 saturated heterocycles. The molecule has 0 aromatic rings. The quantitative estimate of drug-likeness (QED) is 0.444. The molecule has 0 aromatic carbocycles. The third-order valence-electron chi connectivity index (χ3n) is 5.52. The minimum Gasteiger partial charge on any atom is -0.0853 e. The average molecular weight is 272 g/mol. The molecule has 1 fully saturated rings. The summed E-state index contributed by atoms with van der Waals surface area (Å²) in [6.45, 7) is 11.8. The van der Waals surface area contributed by atoms with E-state index in [1.54, 1.807) is 16.7 Å². The maximum Gasteiger partial charge on any atom is -0.0143 e. The van der Waals surface area contributed by atoms with Gasteiger partial charge >= 0.3 is 0 Å². The molecule has 0 spiro atoms. The van der Waals surface area contributed by atoms with Gasteiger partial charge in [0.1, 0.15) is 0 Å². The molecular weight excluding hydrogens is 240 g/mol. The molecule has 2 rings (SSSR count). The maximum absolute atomic E-state index is 2.58. The van der Waals surface area contributed by atoms with Gasteiger partial charge in [-0.3, -0.25) is 0 Å². The predicted molar refractivity (Wildman–Crippen MR) is 89.7 cm³/mol. The van der Waals surface area contributed by atoms with Crippen LogP contribution in [0.2, 0.25) is 0 Å². The summed E-state index contributed by atoms with van der Waals surface area (Å²) in [5.41, 5.74) is 5.28. The summed E-state index contributed by atoms with van der Waals surface area (Å²) >= 11 is 0. The highest BCUT2D eigenvalue weighted by molar-refractivity contribution is 5.19. The fourth-order valence-corrected chi connectivity index (χ4v) is 3.74. The van der Waals surface area contributed by atoms with E-state index in [2.05, 4.69) is 52.8 Å². The fourth-order valence-electron chi connectivity index (χ4n) is 3.74. The lowest BCUT2D eigenvalue weighted by Gasteiger charge is -2.05. The van der Waals surface area contributed by atoms with Crippen LogP contribution >= 0.6 is 0 Å². The Balaban J connectivity index is 2.09. The van der Waals surface area contributed by atoms with Gasteiger partial charge in [-0.15, -0.1) is 0 Å². The van der Waals surface area contributed by atoms with Gasteiger partial charge in [0.15, 0.2) is 0 Å². The molecule has 20 heavy (non-hydrogen) atoms. The van der Waals surface area contributed by atoms with E-state index in [9.17, 15) is 0 Å². The standard InChI is InChI=1S/C20H32/c1-15-8-6-10-16(2)12-13-18-19(20(18,4)5)14-17(3)11-7-9-15/h9-10,14,18-19H,6-8,11-13H2,1-5H3/b15-9-,16-10+,17-14+/t18-,19+/m0/s1. The summed E-state index contributed by atoms with van der Waals surface area (Å²) < 4.78 is 0. The summed E-state index contributed by atoms with van der Waals surface area (Å²) in [5, 5.41) is 0. The van der Waals surface area contributed by atoms with E-state index < -0.39 is 0 Å². The van der Waals surface area contributed by atoms with Crippen LogP contribution < -0.4 is 0 Å². The van der Waals surface area contributed by atoms with Crippen molar-refractivity contribution in [2.45, 2.75) is 73.1 Å². The zero-order valence-electron chi connectivity index (χ0n) is 14.1. The van der Waals surface area contributed by atoms with Crippen LogP contribution in [0.25, 0.3) is 0 Å². The highest BCUT2D eigenvalue weighted by atomic mass is 14.6. The largest absolute Gasteiger partial charge is 0.0853 e. The molecule has 0 aromatic heterocycles. The fraction of sp³-hybridized carbons (Fsp3) is 0.700. The molecule has 0 heteroatoms. The molecule has 1 saturated carbocycles. The molecule has 0 aliphatic heterocycles. The van der Waals surface area contributed by atoms with Gasteiger partial charge in [0.2, 0.25) is 0 Å². The van der Waals surface area contributed by atoms with Crippen LogP contribution in [-0.4, -0.2) is 0 Å². The Bertz CT molecular complexity index is 431. The van der Waals surface area contributed by atoms with Crippen molar-refractivity contribution >= 4 is 0 Å². The zero-order valence-corrected chi connectivity index (χ0v) is 14.1. The lowest BCUT2D eigenvalue weighted by molar-refractivity contribution is 0.528. The topological polar surface area (TPSA) is 0 Å². The van der Waals surface area contributed by atoms with E-state index in [0.29, 0.717) is 5.41 Å². The van der Waals surface area contributed by atoms with Crippen LogP contribution in [0, 0.1) is 17.3 Å². The van der Waals surface area contributed by atoms with Crippen molar-refractivity contribution < 1.29 is 0 Å². The van der Waals surface area contributed by atoms with Crippen LogP contribution in [0.15, 0.2) is 34.9 Å². The van der Waals surface area contributed by atoms with Crippen LogP contribution in [-0.2, 0) is 0 Å². The third kappa shape index (κ3) is 3.87. The smallest absolute Gasteiger partial charge is 0.0143 e. The molecule has 0 heterocycles. The van der Waals surface area contributed by atoms with E-state index in [1.165, 1.54) is 38.5 Å². The molecule has 0 amide bonds. The Labute approximate surface area is 126 Å². The molecule has 2 aliphatic carbocycles. The lowest BCUT2D eigenvalue weighted by Crippen LogP contribution is -1.91. The first-order chi connectivity index (χ1) is 9.41. The minimum atomic E-state index is 0.535. The number of rotatable bonds is 0. The zero-order chi connectivity index (χ0) is 14.8. The van der Waals surface area contributed by atoms with Gasteiger partial charge in [-0.2, -0.15) is 0 Å². The van der Waals surface area contributed by atoms with Crippen LogP contribution in [0.5, 0.6) is 0 Å². The summed E-state index contributed by atoms with van der Waals surface area (Å²) in [5.74, 6) is 1.73. The number of allylic oxidation sites excluding steroid dienone is 6. The monoisotopic (exact) mass is 272 g/mol. The van der Waals surface area contributed by atoms with Gasteiger partial charge in [0.05, 0.1) is 0 Å². The number of hydrogen-bond donors (Lipinski definition) is 0. The Hall–Kier alpha value is -0.780. The van der Waals surface area contributed by atoms with E-state index in [-0.39, 0.29) is 0 Å². The Kier molecular flexibility index (Phi) is 4.94. The molecule has 0 nitrogen and oxygen atoms in total. The molecule has 0 unspecified atom stereocenters. The van der Waals surface area contributed by atoms with Crippen molar-refractivity contribution in [3.8, 4) is 0 Å². The van der Waals surface area contributed by atoms with Gasteiger partial charge in [-0.25, -0.2) is 0 Å². The van der Waals surface area contributed by atoms with Gasteiger partial charge < -0.3 is 0 Å². The molecule has 2 atom stereocenters. The molecule has 0 N–H and O–H groups in total. The highest BCUT2D eigenvalue weighted by Crippen LogP contribution is 2.61. The first-order valence-electron chi connectivity index (χ1n) is 8.40. The van der Waals surface area contributed by atoms with Gasteiger partial charge in [0.25, 0.3) is 0 Å². The Morgan fingerprint density at radius 1 is 0.850 bits per heavy atom. The second kappa shape index (κ2) is 6.33. The van der Waals surface area contributed by atoms with Gasteiger partial charge in [0, 0.05) is 0 Å². The predicted octanol–water partition coefficient (Wildman–Crippen LogP) is 6.45. The highest BCUT2D eigenvalue weighted by Gasteiger charge is 2.55. The van der Waals surface area contributed by atoms with Gasteiger partial charge in [-0.05, 0) is 76.5 Å². The summed E-state index contributed by atoms with van der Waals surface area (Å²) in [6.07, 6.45) is 15.1. The van der Waals surface area contributed by atoms with Crippen molar-refractivity contribution in [3.63, 3.8) is 0 Å². The second-order valence-electron chi connectivity index (χ2n) is 7.68. The minimum absolute atomic E-state index is 0.535. The van der Waals surface area contributed by atoms with E-state index in [4.69, 9.17) is 0 Å². The molecule has 0 radical (unpaired) electrons. The van der Waals surface area contributed by atoms with Crippen LogP contribution in [0.3, 0.4) is 0 Å². The average Bonchev–Trinajstić information content (AvgIpc) is 2.86. The van der Waals surface area contributed by atoms with Gasteiger partial charge in [-0.1, -0.05) is 48.8 Å². The molecular formula is C20H32. The van der Waals surface area contributed by atoms with E-state index >= 15 is 0 Å². The summed E-state index contributed by atoms with van der Waals surface area (Å²) in [4.78, 5) is 0. The first-order valence-corrected chi connectivity index (χ1v) is 8.40. The SMILES string of the molecule is C/C1=C/CC/C(C)=C/[C@@H]2[C@H](CC/C(C)=C/CC1)C2(C)C. The number of fused-ring (bicyclic) bond motifs is 1. The summed E-state index contributed by atoms with van der Waals surface area (Å²) in [7, 11) is 0. The van der Waals surface area contributed by atoms with E-state index in [0.717, 1.165) is 11.8 Å². The molecule has 112 valence electrons. The van der Waals surface area contributed by atoms with Crippen molar-refractivity contribution in [3.05, 3.63) is 34.9 Å².